The molecule has 0 radical (unpaired) electrons. The van der Waals surface area contributed by atoms with Crippen molar-refractivity contribution in [3.05, 3.63) is 82.6 Å². The predicted octanol–water partition coefficient (Wildman–Crippen LogP) is 6.65. The summed E-state index contributed by atoms with van der Waals surface area (Å²) < 4.78 is 10.9. The quantitative estimate of drug-likeness (QED) is 0.202. The number of carbonyl (C=O) groups excluding carboxylic acids is 2. The second-order valence-corrected chi connectivity index (χ2v) is 14.3. The molecule has 2 amide bonds. The van der Waals surface area contributed by atoms with Crippen LogP contribution in [0.4, 0.5) is 0 Å². The zero-order chi connectivity index (χ0) is 34.1. The first kappa shape index (κ1) is 33.9. The van der Waals surface area contributed by atoms with Gasteiger partial charge in [-0.3, -0.25) is 9.59 Å². The Morgan fingerprint density at radius 1 is 0.812 bits per heavy atom. The molecule has 0 bridgehead atoms. The highest BCUT2D eigenvalue weighted by atomic mass is 35.5. The summed E-state index contributed by atoms with van der Waals surface area (Å²) >= 11 is 6.38. The van der Waals surface area contributed by atoms with Crippen LogP contribution in [0, 0.1) is 18.8 Å². The molecule has 10 nitrogen and oxygen atoms in total. The highest BCUT2D eigenvalue weighted by molar-refractivity contribution is 6.33. The molecular weight excluding hydrogens is 632 g/mol. The number of aryl methyl sites for hydroxylation is 1. The molecule has 6 rings (SSSR count). The van der Waals surface area contributed by atoms with Crippen molar-refractivity contribution in [2.45, 2.75) is 70.5 Å². The van der Waals surface area contributed by atoms with E-state index in [1.165, 1.54) is 12.4 Å². The Morgan fingerprint density at radius 3 is 1.85 bits per heavy atom. The summed E-state index contributed by atoms with van der Waals surface area (Å²) in [7, 11) is 0. The molecule has 11 heteroatoms. The van der Waals surface area contributed by atoms with Gasteiger partial charge in [-0.15, -0.1) is 0 Å². The van der Waals surface area contributed by atoms with Crippen LogP contribution in [-0.4, -0.2) is 79.5 Å². The number of nitrogens with zero attached hydrogens (tertiary/aromatic N) is 4. The molecule has 2 N–H and O–H groups in total. The lowest BCUT2D eigenvalue weighted by Crippen LogP contribution is -2.51. The molecule has 2 fully saturated rings. The van der Waals surface area contributed by atoms with Gasteiger partial charge in [0.25, 0.3) is 11.8 Å². The molecular formula is C37H43ClN4O6. The minimum absolute atomic E-state index is 0.170. The van der Waals surface area contributed by atoms with Crippen LogP contribution in [0.5, 0.6) is 0 Å². The highest BCUT2D eigenvalue weighted by Gasteiger charge is 2.42. The number of rotatable bonds is 9. The Balaban J connectivity index is 1.08. The fraction of sp³-hybridized carbons (Fsp3) is 0.459. The van der Waals surface area contributed by atoms with E-state index >= 15 is 0 Å². The molecule has 254 valence electrons. The van der Waals surface area contributed by atoms with Gasteiger partial charge in [0, 0.05) is 49.1 Å². The number of piperidine rings is 2. The number of benzene rings is 2. The van der Waals surface area contributed by atoms with Crippen LogP contribution < -0.4 is 0 Å². The molecule has 2 aromatic carbocycles. The number of aliphatic hydroxyl groups is 2. The van der Waals surface area contributed by atoms with E-state index in [0.29, 0.717) is 72.3 Å². The number of likely N-dealkylation sites (tertiary alicyclic amines) is 2. The zero-order valence-electron chi connectivity index (χ0n) is 27.7. The standard InChI is InChI=1S/C37H43ClN4O6/c1-24-12-14-25(15-13-24)32-29(20-39-47-32)34(43)41-18-6-8-26(22-41)36(2,45)16-17-37(3,46)27-9-7-19-42(23-27)35(44)30-21-40-48-33(30)28-10-4-5-11-31(28)38/h4-5,10-15,20-21,26-27,45-46H,6-9,16-19,22-23H2,1-3H3. The number of hydrogen-bond donors (Lipinski definition) is 2. The summed E-state index contributed by atoms with van der Waals surface area (Å²) in [5.74, 6) is 0.0172. The molecule has 4 heterocycles. The van der Waals surface area contributed by atoms with Gasteiger partial charge in [-0.2, -0.15) is 0 Å². The first-order chi connectivity index (χ1) is 22.9. The predicted molar refractivity (Wildman–Crippen MR) is 181 cm³/mol. The van der Waals surface area contributed by atoms with Gasteiger partial charge < -0.3 is 29.1 Å². The SMILES string of the molecule is Cc1ccc(-c2oncc2C(=O)N2CCCC(C(C)(O)CCC(C)(O)C3CCCN(C(=O)c4cnoc4-c4ccccc4Cl)C3)C2)cc1. The van der Waals surface area contributed by atoms with E-state index in [4.69, 9.17) is 20.6 Å². The third kappa shape index (κ3) is 7.06. The van der Waals surface area contributed by atoms with Crippen LogP contribution in [0.2, 0.25) is 5.02 Å². The van der Waals surface area contributed by atoms with Crippen molar-refractivity contribution in [2.24, 2.45) is 11.8 Å². The van der Waals surface area contributed by atoms with Gasteiger partial charge >= 0.3 is 0 Å². The maximum absolute atomic E-state index is 13.7. The minimum atomic E-state index is -1.13. The van der Waals surface area contributed by atoms with Crippen molar-refractivity contribution in [3.8, 4) is 22.6 Å². The summed E-state index contributed by atoms with van der Waals surface area (Å²) in [4.78, 5) is 30.8. The van der Waals surface area contributed by atoms with Crippen LogP contribution >= 0.6 is 11.6 Å². The summed E-state index contributed by atoms with van der Waals surface area (Å²) in [5.41, 5.74) is 0.986. The van der Waals surface area contributed by atoms with Gasteiger partial charge in [0.1, 0.15) is 11.1 Å². The maximum atomic E-state index is 13.7. The third-order valence-electron chi connectivity index (χ3n) is 10.3. The van der Waals surface area contributed by atoms with Crippen molar-refractivity contribution in [2.75, 3.05) is 26.2 Å². The van der Waals surface area contributed by atoms with Crippen molar-refractivity contribution in [3.63, 3.8) is 0 Å². The molecule has 0 spiro atoms. The topological polar surface area (TPSA) is 133 Å². The van der Waals surface area contributed by atoms with Crippen LogP contribution in [-0.2, 0) is 0 Å². The zero-order valence-corrected chi connectivity index (χ0v) is 28.4. The second-order valence-electron chi connectivity index (χ2n) is 13.9. The van der Waals surface area contributed by atoms with E-state index in [-0.39, 0.29) is 23.7 Å². The van der Waals surface area contributed by atoms with E-state index in [1.807, 2.05) is 43.3 Å². The smallest absolute Gasteiger partial charge is 0.259 e. The molecule has 48 heavy (non-hydrogen) atoms. The lowest BCUT2D eigenvalue weighted by molar-refractivity contribution is -0.0775. The van der Waals surface area contributed by atoms with Gasteiger partial charge in [-0.05, 0) is 71.4 Å². The average molecular weight is 675 g/mol. The molecule has 4 atom stereocenters. The lowest BCUT2D eigenvalue weighted by Gasteiger charge is -2.44. The first-order valence-corrected chi connectivity index (χ1v) is 17.1. The Hall–Kier alpha value is -3.99. The summed E-state index contributed by atoms with van der Waals surface area (Å²) in [6, 6.07) is 14.9. The lowest BCUT2D eigenvalue weighted by atomic mass is 9.74. The molecule has 2 aliphatic rings. The van der Waals surface area contributed by atoms with Crippen LogP contribution in [0.3, 0.4) is 0 Å². The molecule has 0 aliphatic carbocycles. The summed E-state index contributed by atoms with van der Waals surface area (Å²) in [6.07, 6.45) is 6.61. The van der Waals surface area contributed by atoms with Crippen LogP contribution in [0.25, 0.3) is 22.6 Å². The van der Waals surface area contributed by atoms with Gasteiger partial charge in [0.05, 0.1) is 28.6 Å². The van der Waals surface area contributed by atoms with Gasteiger partial charge in [0.2, 0.25) is 0 Å². The van der Waals surface area contributed by atoms with Crippen molar-refractivity contribution in [1.82, 2.24) is 20.1 Å². The molecule has 2 saturated heterocycles. The largest absolute Gasteiger partial charge is 0.390 e. The fourth-order valence-electron chi connectivity index (χ4n) is 7.13. The molecule has 4 unspecified atom stereocenters. The van der Waals surface area contributed by atoms with Crippen molar-refractivity contribution >= 4 is 23.4 Å². The van der Waals surface area contributed by atoms with E-state index < -0.39 is 11.2 Å². The Kier molecular flexibility index (Phi) is 9.79. The molecule has 2 aromatic heterocycles. The number of carbonyl (C=O) groups is 2. The normalized spacial score (nSPS) is 21.0. The average Bonchev–Trinajstić information content (AvgIpc) is 3.78. The summed E-state index contributed by atoms with van der Waals surface area (Å²) in [6.45, 7) is 7.50. The van der Waals surface area contributed by atoms with E-state index in [1.54, 1.807) is 35.8 Å². The van der Waals surface area contributed by atoms with Gasteiger partial charge in [-0.1, -0.05) is 63.9 Å². The Bertz CT molecular complexity index is 1750. The van der Waals surface area contributed by atoms with E-state index in [9.17, 15) is 19.8 Å². The molecule has 4 aromatic rings. The molecule has 0 saturated carbocycles. The number of halogens is 1. The fourth-order valence-corrected chi connectivity index (χ4v) is 7.35. The number of aromatic nitrogens is 2. The van der Waals surface area contributed by atoms with Crippen LogP contribution in [0.15, 0.2) is 70.0 Å². The Morgan fingerprint density at radius 2 is 1.31 bits per heavy atom. The highest BCUT2D eigenvalue weighted by Crippen LogP contribution is 2.38. The van der Waals surface area contributed by atoms with Gasteiger partial charge in [0.15, 0.2) is 11.5 Å². The van der Waals surface area contributed by atoms with Crippen molar-refractivity contribution < 1.29 is 28.8 Å². The van der Waals surface area contributed by atoms with Gasteiger partial charge in [-0.25, -0.2) is 0 Å². The molecule has 2 aliphatic heterocycles. The maximum Gasteiger partial charge on any atom is 0.259 e. The Labute approximate surface area is 285 Å². The van der Waals surface area contributed by atoms with E-state index in [0.717, 1.165) is 36.8 Å². The number of amides is 2. The number of hydrogen-bond acceptors (Lipinski definition) is 8. The summed E-state index contributed by atoms with van der Waals surface area (Å²) in [5, 5.41) is 31.8. The van der Waals surface area contributed by atoms with Crippen LogP contribution in [0.1, 0.15) is 78.7 Å². The third-order valence-corrected chi connectivity index (χ3v) is 10.7. The van der Waals surface area contributed by atoms with E-state index in [2.05, 4.69) is 10.3 Å². The van der Waals surface area contributed by atoms with Crippen molar-refractivity contribution in [1.29, 1.82) is 0 Å². The monoisotopic (exact) mass is 674 g/mol. The minimum Gasteiger partial charge on any atom is -0.390 e. The first-order valence-electron chi connectivity index (χ1n) is 16.7. The second kappa shape index (κ2) is 13.9.